The smallest absolute Gasteiger partial charge is 0.129 e. The predicted molar refractivity (Wildman–Crippen MR) is 94.3 cm³/mol. The molecular weight excluding hydrogens is 291 g/mol. The normalized spacial score (nSPS) is 16.2. The van der Waals surface area contributed by atoms with E-state index >= 15 is 0 Å². The minimum absolute atomic E-state index is 0.0268. The highest BCUT2D eigenvalue weighted by molar-refractivity contribution is 7.73. The minimum atomic E-state index is -2.67. The number of nitrogens with zero attached hydrogens (tertiary/aromatic N) is 2. The molecule has 2 atom stereocenters. The fraction of sp³-hybridized carbons (Fsp3) is 0.500. The molecule has 0 N–H and O–H groups in total. The van der Waals surface area contributed by atoms with E-state index in [4.69, 9.17) is 0 Å². The first kappa shape index (κ1) is 17.0. The SMILES string of the molecule is CCCC(c1cn(C)cn1)P(=O)(c1ccccc1)C(C)(C)C. The van der Waals surface area contributed by atoms with Crippen molar-refractivity contribution in [1.82, 2.24) is 9.55 Å². The summed E-state index contributed by atoms with van der Waals surface area (Å²) >= 11 is 0. The van der Waals surface area contributed by atoms with Gasteiger partial charge < -0.3 is 9.13 Å². The Bertz CT molecular complexity index is 655. The Labute approximate surface area is 134 Å². The third-order valence-corrected chi connectivity index (χ3v) is 8.66. The zero-order valence-corrected chi connectivity index (χ0v) is 15.2. The lowest BCUT2D eigenvalue weighted by Gasteiger charge is -2.37. The maximum Gasteiger partial charge on any atom is 0.129 e. The molecule has 0 saturated carbocycles. The van der Waals surface area contributed by atoms with Crippen molar-refractivity contribution in [2.24, 2.45) is 7.05 Å². The molecule has 1 heterocycles. The van der Waals surface area contributed by atoms with Crippen molar-refractivity contribution in [2.75, 3.05) is 0 Å². The number of benzene rings is 1. The summed E-state index contributed by atoms with van der Waals surface area (Å²) in [5, 5.41) is 0.665. The average molecular weight is 318 g/mol. The van der Waals surface area contributed by atoms with Crippen LogP contribution >= 0.6 is 7.14 Å². The molecule has 22 heavy (non-hydrogen) atoms. The number of hydrogen-bond acceptors (Lipinski definition) is 2. The molecule has 120 valence electrons. The van der Waals surface area contributed by atoms with Gasteiger partial charge in [0, 0.05) is 23.7 Å². The highest BCUT2D eigenvalue weighted by Crippen LogP contribution is 2.67. The van der Waals surface area contributed by atoms with Crippen molar-refractivity contribution in [2.45, 2.75) is 51.4 Å². The van der Waals surface area contributed by atoms with Crippen molar-refractivity contribution in [3.63, 3.8) is 0 Å². The molecule has 3 nitrogen and oxygen atoms in total. The molecule has 0 aliphatic rings. The van der Waals surface area contributed by atoms with Crippen molar-refractivity contribution >= 4 is 12.4 Å². The van der Waals surface area contributed by atoms with E-state index in [9.17, 15) is 4.57 Å². The van der Waals surface area contributed by atoms with Crippen LogP contribution in [0.2, 0.25) is 0 Å². The third-order valence-electron chi connectivity index (χ3n) is 4.20. The van der Waals surface area contributed by atoms with Crippen molar-refractivity contribution in [1.29, 1.82) is 0 Å². The van der Waals surface area contributed by atoms with E-state index in [-0.39, 0.29) is 10.8 Å². The van der Waals surface area contributed by atoms with Crippen molar-refractivity contribution in [3.05, 3.63) is 48.5 Å². The third kappa shape index (κ3) is 3.05. The monoisotopic (exact) mass is 318 g/mol. The second-order valence-electron chi connectivity index (χ2n) is 6.93. The molecule has 0 spiro atoms. The summed E-state index contributed by atoms with van der Waals surface area (Å²) in [5.74, 6) is 0. The largest absolute Gasteiger partial charge is 0.340 e. The Hall–Kier alpha value is -1.34. The van der Waals surface area contributed by atoms with Gasteiger partial charge >= 0.3 is 0 Å². The van der Waals surface area contributed by atoms with E-state index in [1.54, 1.807) is 6.33 Å². The standard InChI is InChI=1S/C18H27N2OP/c1-6-10-17(16-13-20(5)14-19-16)22(21,18(2,3)4)15-11-8-7-9-12-15/h7-9,11-14,17H,6,10H2,1-5H3. The van der Waals surface area contributed by atoms with Crippen LogP contribution in [0.3, 0.4) is 0 Å². The van der Waals surface area contributed by atoms with E-state index in [2.05, 4.69) is 32.7 Å². The van der Waals surface area contributed by atoms with Crippen LogP contribution in [-0.4, -0.2) is 14.7 Å². The molecule has 0 saturated heterocycles. The van der Waals surface area contributed by atoms with Crippen LogP contribution in [0.1, 0.15) is 51.9 Å². The van der Waals surface area contributed by atoms with E-state index in [1.165, 1.54) is 0 Å². The fourth-order valence-electron chi connectivity index (χ4n) is 3.08. The van der Waals surface area contributed by atoms with Gasteiger partial charge in [0.2, 0.25) is 0 Å². The zero-order valence-electron chi connectivity index (χ0n) is 14.3. The van der Waals surface area contributed by atoms with Gasteiger partial charge in [0.25, 0.3) is 0 Å². The second-order valence-corrected chi connectivity index (χ2v) is 10.7. The molecule has 2 unspecified atom stereocenters. The Morgan fingerprint density at radius 2 is 1.86 bits per heavy atom. The van der Waals surface area contributed by atoms with Gasteiger partial charge in [-0.1, -0.05) is 64.4 Å². The summed E-state index contributed by atoms with van der Waals surface area (Å²) in [6.07, 6.45) is 5.70. The highest BCUT2D eigenvalue weighted by atomic mass is 31.2. The molecule has 1 aromatic heterocycles. The number of aromatic nitrogens is 2. The maximum absolute atomic E-state index is 14.3. The Morgan fingerprint density at radius 3 is 2.32 bits per heavy atom. The number of hydrogen-bond donors (Lipinski definition) is 0. The van der Waals surface area contributed by atoms with Gasteiger partial charge in [-0.15, -0.1) is 0 Å². The van der Waals surface area contributed by atoms with Gasteiger partial charge in [-0.2, -0.15) is 0 Å². The number of imidazole rings is 1. The molecule has 1 aromatic carbocycles. The fourth-order valence-corrected chi connectivity index (χ4v) is 6.89. The number of aryl methyl sites for hydroxylation is 1. The van der Waals surface area contributed by atoms with Gasteiger partial charge in [-0.05, 0) is 6.42 Å². The van der Waals surface area contributed by atoms with Crippen molar-refractivity contribution < 1.29 is 4.57 Å². The second kappa shape index (κ2) is 6.42. The average Bonchev–Trinajstić information content (AvgIpc) is 2.90. The lowest BCUT2D eigenvalue weighted by Crippen LogP contribution is -2.27. The van der Waals surface area contributed by atoms with Gasteiger partial charge in [0.1, 0.15) is 7.14 Å². The van der Waals surface area contributed by atoms with Gasteiger partial charge in [-0.3, -0.25) is 0 Å². The van der Waals surface area contributed by atoms with Crippen LogP contribution in [-0.2, 0) is 11.6 Å². The lowest BCUT2D eigenvalue weighted by atomic mass is 10.2. The summed E-state index contributed by atoms with van der Waals surface area (Å²) in [4.78, 5) is 4.53. The molecule has 0 aliphatic carbocycles. The minimum Gasteiger partial charge on any atom is -0.340 e. The van der Waals surface area contributed by atoms with Crippen LogP contribution in [0.15, 0.2) is 42.9 Å². The Kier molecular flexibility index (Phi) is 4.97. The van der Waals surface area contributed by atoms with E-state index in [0.29, 0.717) is 0 Å². The first-order valence-electron chi connectivity index (χ1n) is 7.94. The molecule has 4 heteroatoms. The van der Waals surface area contributed by atoms with Gasteiger partial charge in [0.05, 0.1) is 17.7 Å². The van der Waals surface area contributed by atoms with E-state index in [1.807, 2.05) is 48.1 Å². The molecule has 0 radical (unpaired) electrons. The molecule has 0 amide bonds. The quantitative estimate of drug-likeness (QED) is 0.746. The summed E-state index contributed by atoms with van der Waals surface area (Å²) in [7, 11) is -0.704. The predicted octanol–water partition coefficient (Wildman–Crippen LogP) is 4.75. The molecular formula is C18H27N2OP. The molecule has 0 fully saturated rings. The lowest BCUT2D eigenvalue weighted by molar-refractivity contribution is 0.537. The summed E-state index contributed by atoms with van der Waals surface area (Å²) in [5.41, 5.74) is 0.924. The van der Waals surface area contributed by atoms with Crippen LogP contribution < -0.4 is 5.30 Å². The summed E-state index contributed by atoms with van der Waals surface area (Å²) in [6, 6.07) is 9.96. The van der Waals surface area contributed by atoms with Crippen LogP contribution in [0.25, 0.3) is 0 Å². The summed E-state index contributed by atoms with van der Waals surface area (Å²) < 4.78 is 16.2. The molecule has 0 aliphatic heterocycles. The topological polar surface area (TPSA) is 34.9 Å². The Morgan fingerprint density at radius 1 is 1.23 bits per heavy atom. The first-order chi connectivity index (χ1) is 10.3. The van der Waals surface area contributed by atoms with Crippen LogP contribution in [0.4, 0.5) is 0 Å². The van der Waals surface area contributed by atoms with E-state index < -0.39 is 7.14 Å². The maximum atomic E-state index is 14.3. The number of rotatable bonds is 5. The molecule has 2 aromatic rings. The molecule has 0 bridgehead atoms. The zero-order chi connectivity index (χ0) is 16.4. The van der Waals surface area contributed by atoms with Gasteiger partial charge in [-0.25, -0.2) is 4.98 Å². The summed E-state index contributed by atoms with van der Waals surface area (Å²) in [6.45, 7) is 8.42. The van der Waals surface area contributed by atoms with Crippen molar-refractivity contribution in [3.8, 4) is 0 Å². The van der Waals surface area contributed by atoms with Crippen LogP contribution in [0.5, 0.6) is 0 Å². The highest BCUT2D eigenvalue weighted by Gasteiger charge is 2.45. The Balaban J connectivity index is 2.63. The molecule has 2 rings (SSSR count). The van der Waals surface area contributed by atoms with E-state index in [0.717, 1.165) is 23.8 Å². The first-order valence-corrected chi connectivity index (χ1v) is 9.71. The van der Waals surface area contributed by atoms with Gasteiger partial charge in [0.15, 0.2) is 0 Å². The van der Waals surface area contributed by atoms with Crippen LogP contribution in [0, 0.1) is 0 Å².